The van der Waals surface area contributed by atoms with Crippen LogP contribution in [0.4, 0.5) is 5.69 Å². The molecular formula is C22H17NO6. The van der Waals surface area contributed by atoms with Gasteiger partial charge < -0.3 is 9.15 Å². The van der Waals surface area contributed by atoms with Crippen molar-refractivity contribution in [3.8, 4) is 11.3 Å². The molecule has 146 valence electrons. The first kappa shape index (κ1) is 19.8. The highest BCUT2D eigenvalue weighted by molar-refractivity contribution is 6.06. The summed E-state index contributed by atoms with van der Waals surface area (Å²) >= 11 is 0. The number of esters is 1. The number of rotatable bonds is 7. The van der Waals surface area contributed by atoms with E-state index in [0.717, 1.165) is 5.56 Å². The van der Waals surface area contributed by atoms with Crippen LogP contribution in [0.15, 0.2) is 71.2 Å². The summed E-state index contributed by atoms with van der Waals surface area (Å²) < 4.78 is 10.7. The predicted molar refractivity (Wildman–Crippen MR) is 107 cm³/mol. The minimum absolute atomic E-state index is 0.0739. The Morgan fingerprint density at radius 2 is 1.66 bits per heavy atom. The van der Waals surface area contributed by atoms with Crippen LogP contribution in [0.25, 0.3) is 17.4 Å². The van der Waals surface area contributed by atoms with E-state index in [1.54, 1.807) is 43.3 Å². The van der Waals surface area contributed by atoms with Gasteiger partial charge in [0.15, 0.2) is 5.78 Å². The van der Waals surface area contributed by atoms with Gasteiger partial charge in [0.05, 0.1) is 17.1 Å². The van der Waals surface area contributed by atoms with Crippen molar-refractivity contribution in [1.82, 2.24) is 0 Å². The number of hydrogen-bond donors (Lipinski definition) is 0. The molecule has 0 fully saturated rings. The van der Waals surface area contributed by atoms with E-state index in [4.69, 9.17) is 9.15 Å². The quantitative estimate of drug-likeness (QED) is 0.186. The molecule has 0 amide bonds. The number of nitrogens with zero attached hydrogens (tertiary/aromatic N) is 1. The lowest BCUT2D eigenvalue weighted by Gasteiger charge is -2.02. The molecule has 0 atom stereocenters. The Bertz CT molecular complexity index is 1060. The second kappa shape index (κ2) is 8.79. The van der Waals surface area contributed by atoms with E-state index in [1.165, 1.54) is 36.4 Å². The van der Waals surface area contributed by atoms with Crippen LogP contribution < -0.4 is 0 Å². The van der Waals surface area contributed by atoms with Crippen LogP contribution in [-0.4, -0.2) is 23.3 Å². The molecule has 29 heavy (non-hydrogen) atoms. The van der Waals surface area contributed by atoms with Crippen LogP contribution in [0.2, 0.25) is 0 Å². The Labute approximate surface area is 166 Å². The first-order chi connectivity index (χ1) is 14.0. The minimum Gasteiger partial charge on any atom is -0.462 e. The summed E-state index contributed by atoms with van der Waals surface area (Å²) in [6, 6.07) is 15.7. The molecule has 1 aromatic heterocycles. The third-order valence-corrected chi connectivity index (χ3v) is 4.07. The number of carbonyl (C=O) groups is 2. The van der Waals surface area contributed by atoms with Gasteiger partial charge in [0.2, 0.25) is 0 Å². The average Bonchev–Trinajstić information content (AvgIpc) is 3.21. The first-order valence-corrected chi connectivity index (χ1v) is 8.82. The summed E-state index contributed by atoms with van der Waals surface area (Å²) in [6.07, 6.45) is 2.87. The van der Waals surface area contributed by atoms with Gasteiger partial charge in [0, 0.05) is 23.3 Å². The third-order valence-electron chi connectivity index (χ3n) is 4.07. The highest BCUT2D eigenvalue weighted by atomic mass is 16.6. The number of ketones is 1. The van der Waals surface area contributed by atoms with E-state index in [9.17, 15) is 19.7 Å². The van der Waals surface area contributed by atoms with Gasteiger partial charge in [0.25, 0.3) is 5.69 Å². The second-order valence-corrected chi connectivity index (χ2v) is 6.00. The lowest BCUT2D eigenvalue weighted by Crippen LogP contribution is -2.03. The average molecular weight is 391 g/mol. The summed E-state index contributed by atoms with van der Waals surface area (Å²) in [5.41, 5.74) is 1.50. The second-order valence-electron chi connectivity index (χ2n) is 6.00. The SMILES string of the molecule is CCOC(=O)c1ccc(-c2ccc(/C=C/C(=O)c3ccc([N+](=O)[O-])cc3)o2)cc1. The molecule has 0 spiro atoms. The molecule has 0 unspecified atom stereocenters. The lowest BCUT2D eigenvalue weighted by atomic mass is 10.1. The van der Waals surface area contributed by atoms with Crippen molar-refractivity contribution >= 4 is 23.5 Å². The van der Waals surface area contributed by atoms with E-state index in [-0.39, 0.29) is 17.4 Å². The predicted octanol–water partition coefficient (Wildman–Crippen LogP) is 4.93. The Hall–Kier alpha value is -4.00. The van der Waals surface area contributed by atoms with Crippen molar-refractivity contribution in [2.45, 2.75) is 6.92 Å². The van der Waals surface area contributed by atoms with Crippen LogP contribution >= 0.6 is 0 Å². The largest absolute Gasteiger partial charge is 0.462 e. The fourth-order valence-electron chi connectivity index (χ4n) is 2.58. The van der Waals surface area contributed by atoms with Crippen molar-refractivity contribution in [3.05, 3.63) is 93.7 Å². The number of ether oxygens (including phenoxy) is 1. The number of nitro groups is 1. The molecule has 7 nitrogen and oxygen atoms in total. The Balaban J connectivity index is 1.68. The molecule has 0 aliphatic carbocycles. The maximum absolute atomic E-state index is 12.2. The summed E-state index contributed by atoms with van der Waals surface area (Å²) in [7, 11) is 0. The van der Waals surface area contributed by atoms with Crippen molar-refractivity contribution in [2.75, 3.05) is 6.61 Å². The van der Waals surface area contributed by atoms with Crippen molar-refractivity contribution in [1.29, 1.82) is 0 Å². The smallest absolute Gasteiger partial charge is 0.338 e. The third kappa shape index (κ3) is 4.84. The van der Waals surface area contributed by atoms with E-state index in [1.807, 2.05) is 0 Å². The Morgan fingerprint density at radius 1 is 1.00 bits per heavy atom. The van der Waals surface area contributed by atoms with Crippen LogP contribution in [0, 0.1) is 10.1 Å². The molecule has 0 aliphatic rings. The molecule has 2 aromatic carbocycles. The van der Waals surface area contributed by atoms with Crippen molar-refractivity contribution in [2.24, 2.45) is 0 Å². The number of nitro benzene ring substituents is 1. The molecule has 0 bridgehead atoms. The van der Waals surface area contributed by atoms with Crippen LogP contribution in [0.5, 0.6) is 0 Å². The van der Waals surface area contributed by atoms with Gasteiger partial charge in [-0.2, -0.15) is 0 Å². The monoisotopic (exact) mass is 391 g/mol. The number of carbonyl (C=O) groups excluding carboxylic acids is 2. The molecule has 7 heteroatoms. The van der Waals surface area contributed by atoms with Crippen LogP contribution in [0.3, 0.4) is 0 Å². The van der Waals surface area contributed by atoms with Gasteiger partial charge in [-0.15, -0.1) is 0 Å². The van der Waals surface area contributed by atoms with Gasteiger partial charge in [-0.05, 0) is 55.5 Å². The van der Waals surface area contributed by atoms with E-state index in [0.29, 0.717) is 29.3 Å². The molecule has 0 radical (unpaired) electrons. The topological polar surface area (TPSA) is 99.7 Å². The molecule has 0 saturated heterocycles. The molecule has 3 rings (SSSR count). The normalized spacial score (nSPS) is 10.8. The Kier molecular flexibility index (Phi) is 5.99. The highest BCUT2D eigenvalue weighted by Crippen LogP contribution is 2.23. The fourth-order valence-corrected chi connectivity index (χ4v) is 2.58. The Morgan fingerprint density at radius 3 is 2.28 bits per heavy atom. The molecule has 0 saturated carbocycles. The molecule has 1 heterocycles. The lowest BCUT2D eigenvalue weighted by molar-refractivity contribution is -0.384. The number of allylic oxidation sites excluding steroid dienone is 1. The standard InChI is InChI=1S/C22H17NO6/c1-2-28-22(25)17-5-3-16(4-6-17)21-14-12-19(29-21)11-13-20(24)15-7-9-18(10-8-15)23(26)27/h3-14H,2H2,1H3/b13-11+. The summed E-state index contributed by atoms with van der Waals surface area (Å²) in [6.45, 7) is 2.06. The van der Waals surface area contributed by atoms with E-state index >= 15 is 0 Å². The zero-order valence-corrected chi connectivity index (χ0v) is 15.5. The first-order valence-electron chi connectivity index (χ1n) is 8.82. The maximum atomic E-state index is 12.2. The van der Waals surface area contributed by atoms with Crippen molar-refractivity contribution in [3.63, 3.8) is 0 Å². The maximum Gasteiger partial charge on any atom is 0.338 e. The number of benzene rings is 2. The van der Waals surface area contributed by atoms with Gasteiger partial charge in [0.1, 0.15) is 11.5 Å². The zero-order chi connectivity index (χ0) is 20.8. The van der Waals surface area contributed by atoms with Crippen LogP contribution in [0.1, 0.15) is 33.4 Å². The van der Waals surface area contributed by atoms with Gasteiger partial charge in [-0.25, -0.2) is 4.79 Å². The van der Waals surface area contributed by atoms with Crippen molar-refractivity contribution < 1.29 is 23.7 Å². The summed E-state index contributed by atoms with van der Waals surface area (Å²) in [5, 5.41) is 10.7. The number of hydrogen-bond acceptors (Lipinski definition) is 6. The molecular weight excluding hydrogens is 374 g/mol. The van der Waals surface area contributed by atoms with E-state index < -0.39 is 4.92 Å². The number of furan rings is 1. The summed E-state index contributed by atoms with van der Waals surface area (Å²) in [5.74, 6) is 0.385. The van der Waals surface area contributed by atoms with E-state index in [2.05, 4.69) is 0 Å². The molecule has 0 N–H and O–H groups in total. The van der Waals surface area contributed by atoms with Gasteiger partial charge >= 0.3 is 5.97 Å². The highest BCUT2D eigenvalue weighted by Gasteiger charge is 2.09. The van der Waals surface area contributed by atoms with Gasteiger partial charge in [-0.3, -0.25) is 14.9 Å². The number of non-ortho nitro benzene ring substituents is 1. The molecule has 3 aromatic rings. The molecule has 0 aliphatic heterocycles. The minimum atomic E-state index is -0.520. The zero-order valence-electron chi connectivity index (χ0n) is 15.5. The summed E-state index contributed by atoms with van der Waals surface area (Å²) in [4.78, 5) is 34.0. The van der Waals surface area contributed by atoms with Crippen LogP contribution in [-0.2, 0) is 4.74 Å². The fraction of sp³-hybridized carbons (Fsp3) is 0.0909. The van der Waals surface area contributed by atoms with Gasteiger partial charge in [-0.1, -0.05) is 12.1 Å².